The fourth-order valence-corrected chi connectivity index (χ4v) is 1.79. The van der Waals surface area contributed by atoms with Gasteiger partial charge < -0.3 is 4.74 Å². The van der Waals surface area contributed by atoms with E-state index >= 15 is 0 Å². The molecule has 0 saturated heterocycles. The molecule has 4 nitrogen and oxygen atoms in total. The van der Waals surface area contributed by atoms with E-state index in [9.17, 15) is 10.1 Å². The van der Waals surface area contributed by atoms with Crippen LogP contribution in [-0.4, -0.2) is 16.6 Å². The first-order valence-corrected chi connectivity index (χ1v) is 6.23. The Morgan fingerprint density at radius 2 is 1.83 bits per heavy atom. The summed E-state index contributed by atoms with van der Waals surface area (Å²) >= 11 is 0. The summed E-state index contributed by atoms with van der Waals surface area (Å²) < 4.78 is 5.93. The summed E-state index contributed by atoms with van der Waals surface area (Å²) in [6, 6.07) is 6.68. The summed E-state index contributed by atoms with van der Waals surface area (Å²) in [6.45, 7) is 8.18. The van der Waals surface area contributed by atoms with E-state index in [0.29, 0.717) is 0 Å². The maximum absolute atomic E-state index is 10.6. The number of nitrogens with zero attached hydrogens (tertiary/aromatic N) is 1. The van der Waals surface area contributed by atoms with Crippen LogP contribution in [0, 0.1) is 10.1 Å². The Kier molecular flexibility index (Phi) is 4.84. The topological polar surface area (TPSA) is 52.4 Å². The van der Waals surface area contributed by atoms with Crippen LogP contribution in [0.3, 0.4) is 0 Å². The van der Waals surface area contributed by atoms with Crippen molar-refractivity contribution in [1.82, 2.24) is 0 Å². The van der Waals surface area contributed by atoms with Crippen LogP contribution in [-0.2, 0) is 11.2 Å². The van der Waals surface area contributed by atoms with Gasteiger partial charge in [0.15, 0.2) is 0 Å². The molecule has 0 fully saturated rings. The number of benzene rings is 1. The summed E-state index contributed by atoms with van der Waals surface area (Å²) in [5.41, 5.74) is 1.03. The number of hydrogen-bond acceptors (Lipinski definition) is 3. The third-order valence-corrected chi connectivity index (χ3v) is 2.59. The predicted molar refractivity (Wildman–Crippen MR) is 71.7 cm³/mol. The minimum atomic E-state index is -0.382. The molecule has 1 rings (SSSR count). The molecule has 0 N–H and O–H groups in total. The van der Waals surface area contributed by atoms with E-state index in [1.807, 2.05) is 20.8 Å². The molecule has 18 heavy (non-hydrogen) atoms. The van der Waals surface area contributed by atoms with Crippen molar-refractivity contribution < 1.29 is 9.66 Å². The number of nitro groups is 1. The van der Waals surface area contributed by atoms with Gasteiger partial charge in [-0.2, -0.15) is 0 Å². The average molecular weight is 251 g/mol. The van der Waals surface area contributed by atoms with Gasteiger partial charge in [0.1, 0.15) is 0 Å². The van der Waals surface area contributed by atoms with Gasteiger partial charge in [-0.05, 0) is 39.2 Å². The van der Waals surface area contributed by atoms with Crippen molar-refractivity contribution in [2.45, 2.75) is 52.2 Å². The number of ether oxygens (including phenoxy) is 1. The smallest absolute Gasteiger partial charge is 0.269 e. The summed E-state index contributed by atoms with van der Waals surface area (Å²) in [4.78, 5) is 10.2. The Hall–Kier alpha value is -1.42. The lowest BCUT2D eigenvalue weighted by atomic mass is 10.0. The molecule has 1 atom stereocenters. The summed E-state index contributed by atoms with van der Waals surface area (Å²) in [5.74, 6) is 0. The number of nitro benzene ring substituents is 1. The Morgan fingerprint density at radius 3 is 2.22 bits per heavy atom. The highest BCUT2D eigenvalue weighted by molar-refractivity contribution is 5.33. The molecule has 0 saturated carbocycles. The molecule has 4 heteroatoms. The van der Waals surface area contributed by atoms with Crippen molar-refractivity contribution in [2.75, 3.05) is 0 Å². The zero-order chi connectivity index (χ0) is 13.8. The van der Waals surface area contributed by atoms with Crippen molar-refractivity contribution in [3.63, 3.8) is 0 Å². The second-order valence-electron chi connectivity index (χ2n) is 5.39. The molecule has 1 aromatic rings. The van der Waals surface area contributed by atoms with Crippen LogP contribution >= 0.6 is 0 Å². The molecule has 0 aliphatic heterocycles. The number of rotatable bonds is 5. The van der Waals surface area contributed by atoms with Crippen LogP contribution in [0.15, 0.2) is 24.3 Å². The van der Waals surface area contributed by atoms with Crippen LogP contribution in [0.2, 0.25) is 0 Å². The van der Waals surface area contributed by atoms with Crippen LogP contribution in [0.4, 0.5) is 5.69 Å². The molecule has 0 radical (unpaired) electrons. The third-order valence-electron chi connectivity index (χ3n) is 2.59. The maximum Gasteiger partial charge on any atom is 0.269 e. The molecule has 0 aromatic heterocycles. The lowest BCUT2D eigenvalue weighted by Crippen LogP contribution is -2.28. The first kappa shape index (κ1) is 14.6. The predicted octanol–water partition coefficient (Wildman–Crippen LogP) is 3.73. The van der Waals surface area contributed by atoms with Crippen molar-refractivity contribution in [3.8, 4) is 0 Å². The van der Waals surface area contributed by atoms with Crippen LogP contribution in [0.1, 0.15) is 39.7 Å². The van der Waals surface area contributed by atoms with Crippen molar-refractivity contribution >= 4 is 5.69 Å². The Bertz CT molecular complexity index is 392. The second-order valence-corrected chi connectivity index (χ2v) is 5.39. The lowest BCUT2D eigenvalue weighted by molar-refractivity contribution is -0.384. The average Bonchev–Trinajstić information content (AvgIpc) is 2.27. The number of non-ortho nitro benzene ring substituents is 1. The van der Waals surface area contributed by atoms with Crippen molar-refractivity contribution in [2.24, 2.45) is 0 Å². The van der Waals surface area contributed by atoms with Gasteiger partial charge in [0.2, 0.25) is 0 Å². The molecule has 1 aromatic carbocycles. The van der Waals surface area contributed by atoms with E-state index in [4.69, 9.17) is 4.74 Å². The molecular weight excluding hydrogens is 230 g/mol. The Labute approximate surface area is 108 Å². The minimum Gasteiger partial charge on any atom is -0.372 e. The van der Waals surface area contributed by atoms with E-state index < -0.39 is 0 Å². The van der Waals surface area contributed by atoms with Gasteiger partial charge in [0.05, 0.1) is 16.6 Å². The fourth-order valence-electron chi connectivity index (χ4n) is 1.79. The first-order valence-electron chi connectivity index (χ1n) is 6.23. The fraction of sp³-hybridized carbons (Fsp3) is 0.571. The minimum absolute atomic E-state index is 0.128. The molecular formula is C14H21NO3. The molecule has 100 valence electrons. The van der Waals surface area contributed by atoms with Gasteiger partial charge in [0.25, 0.3) is 5.69 Å². The maximum atomic E-state index is 10.6. The molecule has 0 heterocycles. The standard InChI is InChI=1S/C14H21NO3/c1-5-13(18-14(2,3)4)10-11-6-8-12(9-7-11)15(16)17/h6-9,13H,5,10H2,1-4H3. The lowest BCUT2D eigenvalue weighted by Gasteiger charge is -2.27. The highest BCUT2D eigenvalue weighted by Crippen LogP contribution is 2.19. The molecule has 0 spiro atoms. The van der Waals surface area contributed by atoms with Crippen LogP contribution < -0.4 is 0 Å². The number of hydrogen-bond donors (Lipinski definition) is 0. The quantitative estimate of drug-likeness (QED) is 0.591. The molecule has 0 aliphatic rings. The van der Waals surface area contributed by atoms with Gasteiger partial charge in [0, 0.05) is 12.1 Å². The second kappa shape index (κ2) is 5.96. The molecule has 0 amide bonds. The van der Waals surface area contributed by atoms with E-state index in [1.165, 1.54) is 0 Å². The summed E-state index contributed by atoms with van der Waals surface area (Å²) in [7, 11) is 0. The first-order chi connectivity index (χ1) is 8.31. The SMILES string of the molecule is CCC(Cc1ccc([N+](=O)[O-])cc1)OC(C)(C)C. The summed E-state index contributed by atoms with van der Waals surface area (Å²) in [5, 5.41) is 10.6. The molecule has 0 aliphatic carbocycles. The van der Waals surface area contributed by atoms with E-state index in [1.54, 1.807) is 24.3 Å². The Morgan fingerprint density at radius 1 is 1.28 bits per heavy atom. The van der Waals surface area contributed by atoms with E-state index in [0.717, 1.165) is 18.4 Å². The molecule has 1 unspecified atom stereocenters. The van der Waals surface area contributed by atoms with Gasteiger partial charge in [-0.3, -0.25) is 10.1 Å². The van der Waals surface area contributed by atoms with Gasteiger partial charge in [-0.15, -0.1) is 0 Å². The highest BCUT2D eigenvalue weighted by atomic mass is 16.6. The Balaban J connectivity index is 2.67. The van der Waals surface area contributed by atoms with E-state index in [-0.39, 0.29) is 22.3 Å². The zero-order valence-electron chi connectivity index (χ0n) is 11.5. The largest absolute Gasteiger partial charge is 0.372 e. The van der Waals surface area contributed by atoms with Crippen LogP contribution in [0.25, 0.3) is 0 Å². The normalized spacial score (nSPS) is 13.3. The highest BCUT2D eigenvalue weighted by Gasteiger charge is 2.18. The third kappa shape index (κ3) is 4.84. The van der Waals surface area contributed by atoms with Gasteiger partial charge in [-0.25, -0.2) is 0 Å². The van der Waals surface area contributed by atoms with Crippen molar-refractivity contribution in [1.29, 1.82) is 0 Å². The van der Waals surface area contributed by atoms with Gasteiger partial charge in [-0.1, -0.05) is 19.1 Å². The summed E-state index contributed by atoms with van der Waals surface area (Å²) in [6.07, 6.45) is 1.85. The molecule has 0 bridgehead atoms. The van der Waals surface area contributed by atoms with Gasteiger partial charge >= 0.3 is 0 Å². The van der Waals surface area contributed by atoms with E-state index in [2.05, 4.69) is 6.92 Å². The monoisotopic (exact) mass is 251 g/mol. The van der Waals surface area contributed by atoms with Crippen LogP contribution in [0.5, 0.6) is 0 Å². The van der Waals surface area contributed by atoms with Crippen molar-refractivity contribution in [3.05, 3.63) is 39.9 Å². The zero-order valence-corrected chi connectivity index (χ0v) is 11.5.